The van der Waals surface area contributed by atoms with Gasteiger partial charge < -0.3 is 10.1 Å². The Labute approximate surface area is 86.8 Å². The van der Waals surface area contributed by atoms with E-state index in [1.165, 1.54) is 0 Å². The van der Waals surface area contributed by atoms with Crippen LogP contribution in [-0.4, -0.2) is 12.6 Å². The average Bonchev–Trinajstić information content (AvgIpc) is 2.06. The fourth-order valence-electron chi connectivity index (χ4n) is 1.31. The predicted molar refractivity (Wildman–Crippen MR) is 55.0 cm³/mol. The van der Waals surface area contributed by atoms with Crippen molar-refractivity contribution in [3.63, 3.8) is 0 Å². The summed E-state index contributed by atoms with van der Waals surface area (Å²) < 4.78 is 5.47. The Bertz CT molecular complexity index is 341. The Morgan fingerprint density at radius 3 is 3.00 bits per heavy atom. The summed E-state index contributed by atoms with van der Waals surface area (Å²) in [6, 6.07) is 3.75. The lowest BCUT2D eigenvalue weighted by Crippen LogP contribution is -2.28. The number of hydrogen-bond acceptors (Lipinski definition) is 2. The highest BCUT2D eigenvalue weighted by molar-refractivity contribution is 6.36. The first-order valence-electron chi connectivity index (χ1n) is 4.05. The summed E-state index contributed by atoms with van der Waals surface area (Å²) in [4.78, 5) is 0. The lowest BCUT2D eigenvalue weighted by Gasteiger charge is -2.25. The number of anilines is 1. The van der Waals surface area contributed by atoms with Crippen molar-refractivity contribution in [3.8, 4) is 5.75 Å². The van der Waals surface area contributed by atoms with Gasteiger partial charge in [0.1, 0.15) is 12.4 Å². The quantitative estimate of drug-likeness (QED) is 0.721. The van der Waals surface area contributed by atoms with Gasteiger partial charge in [0.05, 0.1) is 16.8 Å². The molecule has 0 aromatic heterocycles. The van der Waals surface area contributed by atoms with E-state index in [-0.39, 0.29) is 6.04 Å². The SMILES string of the molecule is CC1COc2cc(Cl)cc(Cl)c2N1. The third kappa shape index (κ3) is 1.69. The van der Waals surface area contributed by atoms with E-state index in [0.29, 0.717) is 16.7 Å². The number of benzene rings is 1. The van der Waals surface area contributed by atoms with Gasteiger partial charge in [0.2, 0.25) is 0 Å². The molecule has 2 rings (SSSR count). The molecule has 0 spiro atoms. The van der Waals surface area contributed by atoms with Crippen LogP contribution in [0, 0.1) is 0 Å². The molecule has 1 heterocycles. The molecule has 4 heteroatoms. The van der Waals surface area contributed by atoms with Crippen molar-refractivity contribution < 1.29 is 4.74 Å². The van der Waals surface area contributed by atoms with Crippen LogP contribution >= 0.6 is 23.2 Å². The summed E-state index contributed by atoms with van der Waals surface area (Å²) in [6.45, 7) is 2.68. The smallest absolute Gasteiger partial charge is 0.145 e. The van der Waals surface area contributed by atoms with Crippen molar-refractivity contribution >= 4 is 28.9 Å². The maximum absolute atomic E-state index is 5.99. The van der Waals surface area contributed by atoms with Gasteiger partial charge >= 0.3 is 0 Å². The molecule has 1 unspecified atom stereocenters. The molecule has 0 bridgehead atoms. The van der Waals surface area contributed by atoms with Gasteiger partial charge in [0.15, 0.2) is 0 Å². The molecule has 0 radical (unpaired) electrons. The van der Waals surface area contributed by atoms with Crippen LogP contribution in [0.25, 0.3) is 0 Å². The van der Waals surface area contributed by atoms with Crippen LogP contribution in [-0.2, 0) is 0 Å². The molecule has 2 nitrogen and oxygen atoms in total. The van der Waals surface area contributed by atoms with Crippen molar-refractivity contribution in [3.05, 3.63) is 22.2 Å². The zero-order valence-corrected chi connectivity index (χ0v) is 8.62. The topological polar surface area (TPSA) is 21.3 Å². The van der Waals surface area contributed by atoms with Crippen LogP contribution < -0.4 is 10.1 Å². The zero-order valence-electron chi connectivity index (χ0n) is 7.10. The maximum atomic E-state index is 5.99. The number of nitrogens with one attached hydrogen (secondary N) is 1. The fraction of sp³-hybridized carbons (Fsp3) is 0.333. The minimum absolute atomic E-state index is 0.283. The van der Waals surface area contributed by atoms with E-state index in [2.05, 4.69) is 5.32 Å². The summed E-state index contributed by atoms with van der Waals surface area (Å²) in [7, 11) is 0. The monoisotopic (exact) mass is 217 g/mol. The Kier molecular flexibility index (Phi) is 2.26. The second-order valence-corrected chi connectivity index (χ2v) is 3.96. The number of halogens is 2. The standard InChI is InChI=1S/C9H9Cl2NO/c1-5-4-13-8-3-6(10)2-7(11)9(8)12-5/h2-3,5,12H,4H2,1H3. The average molecular weight is 218 g/mol. The third-order valence-corrected chi connectivity index (χ3v) is 2.41. The van der Waals surface area contributed by atoms with Crippen LogP contribution in [0.1, 0.15) is 6.92 Å². The van der Waals surface area contributed by atoms with Gasteiger partial charge in [-0.05, 0) is 13.0 Å². The van der Waals surface area contributed by atoms with E-state index in [0.717, 1.165) is 11.4 Å². The minimum Gasteiger partial charge on any atom is -0.489 e. The van der Waals surface area contributed by atoms with Crippen molar-refractivity contribution in [2.45, 2.75) is 13.0 Å². The molecule has 13 heavy (non-hydrogen) atoms. The number of ether oxygens (including phenoxy) is 1. The van der Waals surface area contributed by atoms with Gasteiger partial charge in [-0.1, -0.05) is 23.2 Å². The molecular weight excluding hydrogens is 209 g/mol. The van der Waals surface area contributed by atoms with Crippen LogP contribution in [0.4, 0.5) is 5.69 Å². The van der Waals surface area contributed by atoms with Gasteiger partial charge in [0, 0.05) is 11.1 Å². The Hall–Kier alpha value is -0.600. The van der Waals surface area contributed by atoms with Gasteiger partial charge in [-0.25, -0.2) is 0 Å². The van der Waals surface area contributed by atoms with Crippen LogP contribution in [0.5, 0.6) is 5.75 Å². The van der Waals surface area contributed by atoms with E-state index in [9.17, 15) is 0 Å². The molecule has 1 aromatic rings. The normalized spacial score (nSPS) is 20.1. The van der Waals surface area contributed by atoms with E-state index in [1.807, 2.05) is 6.92 Å². The molecule has 1 N–H and O–H groups in total. The Morgan fingerprint density at radius 1 is 1.46 bits per heavy atom. The highest BCUT2D eigenvalue weighted by Gasteiger charge is 2.18. The third-order valence-electron chi connectivity index (χ3n) is 1.90. The largest absolute Gasteiger partial charge is 0.489 e. The molecule has 1 atom stereocenters. The first-order valence-corrected chi connectivity index (χ1v) is 4.81. The summed E-state index contributed by atoms with van der Waals surface area (Å²) in [5, 5.41) is 4.44. The van der Waals surface area contributed by atoms with Crippen LogP contribution in [0.2, 0.25) is 10.0 Å². The fourth-order valence-corrected chi connectivity index (χ4v) is 1.84. The molecule has 0 fully saturated rings. The lowest BCUT2D eigenvalue weighted by atomic mass is 10.2. The second kappa shape index (κ2) is 3.28. The molecule has 0 aliphatic carbocycles. The molecule has 1 aliphatic rings. The minimum atomic E-state index is 0.283. The van der Waals surface area contributed by atoms with E-state index in [1.54, 1.807) is 12.1 Å². The highest BCUT2D eigenvalue weighted by atomic mass is 35.5. The maximum Gasteiger partial charge on any atom is 0.145 e. The van der Waals surface area contributed by atoms with Gasteiger partial charge in [-0.15, -0.1) is 0 Å². The second-order valence-electron chi connectivity index (χ2n) is 3.12. The van der Waals surface area contributed by atoms with Gasteiger partial charge in [-0.2, -0.15) is 0 Å². The molecular formula is C9H9Cl2NO. The van der Waals surface area contributed by atoms with E-state index in [4.69, 9.17) is 27.9 Å². The van der Waals surface area contributed by atoms with E-state index >= 15 is 0 Å². The summed E-state index contributed by atoms with van der Waals surface area (Å²) in [5.74, 6) is 0.732. The Balaban J connectivity index is 2.47. The summed E-state index contributed by atoms with van der Waals surface area (Å²) in [5.41, 5.74) is 0.838. The highest BCUT2D eigenvalue weighted by Crippen LogP contribution is 2.38. The first-order chi connectivity index (χ1) is 6.16. The summed E-state index contributed by atoms with van der Waals surface area (Å²) in [6.07, 6.45) is 0. The van der Waals surface area contributed by atoms with Gasteiger partial charge in [0.25, 0.3) is 0 Å². The number of rotatable bonds is 0. The molecule has 1 aromatic carbocycles. The lowest BCUT2D eigenvalue weighted by molar-refractivity contribution is 0.292. The van der Waals surface area contributed by atoms with Crippen LogP contribution in [0.15, 0.2) is 12.1 Å². The van der Waals surface area contributed by atoms with Gasteiger partial charge in [-0.3, -0.25) is 0 Å². The van der Waals surface area contributed by atoms with Crippen molar-refractivity contribution in [2.24, 2.45) is 0 Å². The number of hydrogen-bond donors (Lipinski definition) is 1. The Morgan fingerprint density at radius 2 is 2.23 bits per heavy atom. The summed E-state index contributed by atoms with van der Waals surface area (Å²) >= 11 is 11.8. The number of fused-ring (bicyclic) bond motifs is 1. The first kappa shape index (κ1) is 8.97. The van der Waals surface area contributed by atoms with Crippen molar-refractivity contribution in [1.29, 1.82) is 0 Å². The zero-order chi connectivity index (χ0) is 9.42. The molecule has 0 saturated heterocycles. The molecule has 0 amide bonds. The molecule has 70 valence electrons. The molecule has 0 saturated carbocycles. The van der Waals surface area contributed by atoms with E-state index < -0.39 is 0 Å². The predicted octanol–water partition coefficient (Wildman–Crippen LogP) is 3.19. The molecule has 1 aliphatic heterocycles. The van der Waals surface area contributed by atoms with Crippen LogP contribution in [0.3, 0.4) is 0 Å². The van der Waals surface area contributed by atoms with Crippen molar-refractivity contribution in [2.75, 3.05) is 11.9 Å². The van der Waals surface area contributed by atoms with Crippen molar-refractivity contribution in [1.82, 2.24) is 0 Å².